The Bertz CT molecular complexity index is 1500. The van der Waals surface area contributed by atoms with Gasteiger partial charge in [-0.2, -0.15) is 13.2 Å². The molecule has 0 saturated heterocycles. The third-order valence-electron chi connectivity index (χ3n) is 7.61. The van der Waals surface area contributed by atoms with Gasteiger partial charge in [-0.15, -0.1) is 0 Å². The average molecular weight is 547 g/mol. The summed E-state index contributed by atoms with van der Waals surface area (Å²) in [7, 11) is 0. The fraction of sp³-hybridized carbons (Fsp3) is 0.273. The molecule has 0 aromatic heterocycles. The van der Waals surface area contributed by atoms with Crippen molar-refractivity contribution < 1.29 is 23.0 Å². The van der Waals surface area contributed by atoms with E-state index in [1.807, 2.05) is 54.3 Å². The summed E-state index contributed by atoms with van der Waals surface area (Å²) in [6.45, 7) is 8.25. The average Bonchev–Trinajstić information content (AvgIpc) is 2.96. The Kier molecular flexibility index (Phi) is 7.76. The Balaban J connectivity index is 1.65. The van der Waals surface area contributed by atoms with Crippen LogP contribution in [0.3, 0.4) is 0 Å². The van der Waals surface area contributed by atoms with E-state index in [9.17, 15) is 18.3 Å². The van der Waals surface area contributed by atoms with Crippen molar-refractivity contribution in [1.29, 1.82) is 0 Å². The highest BCUT2D eigenvalue weighted by molar-refractivity contribution is 5.70. The second-order valence-corrected chi connectivity index (χ2v) is 9.80. The topological polar surface area (TPSA) is 35.9 Å². The number of aliphatic hydroxyl groups is 1. The maximum absolute atomic E-state index is 13.5. The van der Waals surface area contributed by atoms with Crippen LogP contribution in [-0.2, 0) is 12.8 Å². The van der Waals surface area contributed by atoms with Crippen LogP contribution in [0.4, 0.5) is 30.2 Å². The largest absolute Gasteiger partial charge is 0.457 e. The van der Waals surface area contributed by atoms with Gasteiger partial charge in [0.25, 0.3) is 0 Å². The molecule has 4 nitrogen and oxygen atoms in total. The highest BCUT2D eigenvalue weighted by atomic mass is 19.4. The lowest BCUT2D eigenvalue weighted by Gasteiger charge is -2.33. The van der Waals surface area contributed by atoms with Crippen molar-refractivity contribution in [2.24, 2.45) is 0 Å². The molecule has 0 radical (unpaired) electrons. The second-order valence-electron chi connectivity index (χ2n) is 9.80. The number of anilines is 3. The van der Waals surface area contributed by atoms with Gasteiger partial charge in [0.15, 0.2) is 0 Å². The van der Waals surface area contributed by atoms with E-state index < -0.39 is 11.7 Å². The van der Waals surface area contributed by atoms with Crippen LogP contribution in [0.25, 0.3) is 0 Å². The summed E-state index contributed by atoms with van der Waals surface area (Å²) in [6, 6.07) is 25.2. The van der Waals surface area contributed by atoms with Crippen LogP contribution in [0.2, 0.25) is 0 Å². The molecule has 0 saturated carbocycles. The lowest BCUT2D eigenvalue weighted by molar-refractivity contribution is -0.137. The number of benzene rings is 4. The molecule has 0 amide bonds. The van der Waals surface area contributed by atoms with Gasteiger partial charge < -0.3 is 19.6 Å². The molecular weight excluding hydrogens is 513 g/mol. The zero-order chi connectivity index (χ0) is 28.4. The molecule has 7 heteroatoms. The van der Waals surface area contributed by atoms with Gasteiger partial charge in [0.1, 0.15) is 11.5 Å². The van der Waals surface area contributed by atoms with Gasteiger partial charge in [0.2, 0.25) is 0 Å². The zero-order valence-electron chi connectivity index (χ0n) is 22.9. The van der Waals surface area contributed by atoms with E-state index in [-0.39, 0.29) is 12.5 Å². The van der Waals surface area contributed by atoms with E-state index in [1.165, 1.54) is 12.1 Å². The summed E-state index contributed by atoms with van der Waals surface area (Å²) in [5.41, 5.74) is 5.26. The maximum atomic E-state index is 13.5. The number of halogens is 3. The number of nitrogens with zero attached hydrogens (tertiary/aromatic N) is 2. The zero-order valence-corrected chi connectivity index (χ0v) is 22.9. The van der Waals surface area contributed by atoms with Crippen molar-refractivity contribution >= 4 is 17.1 Å². The van der Waals surface area contributed by atoms with Crippen LogP contribution in [0, 0.1) is 0 Å². The van der Waals surface area contributed by atoms with Crippen LogP contribution < -0.4 is 14.5 Å². The van der Waals surface area contributed by atoms with Crippen LogP contribution in [0.5, 0.6) is 11.5 Å². The lowest BCUT2D eigenvalue weighted by Crippen LogP contribution is -2.22. The van der Waals surface area contributed by atoms with Crippen molar-refractivity contribution in [3.8, 4) is 11.5 Å². The van der Waals surface area contributed by atoms with Crippen molar-refractivity contribution in [2.45, 2.75) is 39.5 Å². The third kappa shape index (κ3) is 5.13. The lowest BCUT2D eigenvalue weighted by atomic mass is 9.80. The number of aliphatic hydroxyl groups excluding tert-OH is 1. The Labute approximate surface area is 233 Å². The molecule has 1 aliphatic heterocycles. The number of fused-ring (bicyclic) bond motifs is 2. The summed E-state index contributed by atoms with van der Waals surface area (Å²) in [5, 5.41) is 10.2. The highest BCUT2D eigenvalue weighted by Gasteiger charge is 2.33. The molecule has 40 heavy (non-hydrogen) atoms. The minimum absolute atomic E-state index is 0.110. The molecule has 1 unspecified atom stereocenters. The molecule has 1 N–H and O–H groups in total. The summed E-state index contributed by atoms with van der Waals surface area (Å²) >= 11 is 0. The number of hydrogen-bond acceptors (Lipinski definition) is 4. The van der Waals surface area contributed by atoms with Gasteiger partial charge in [-0.3, -0.25) is 0 Å². The number of rotatable bonds is 8. The minimum atomic E-state index is -4.42. The van der Waals surface area contributed by atoms with Crippen molar-refractivity contribution in [3.63, 3.8) is 0 Å². The molecule has 5 rings (SSSR count). The maximum Gasteiger partial charge on any atom is 0.416 e. The van der Waals surface area contributed by atoms with Crippen molar-refractivity contribution in [3.05, 3.63) is 113 Å². The first-order valence-electron chi connectivity index (χ1n) is 13.6. The summed E-state index contributed by atoms with van der Waals surface area (Å²) in [5.74, 6) is 1.21. The molecular formula is C33H33F3N2O2. The van der Waals surface area contributed by atoms with E-state index in [1.54, 1.807) is 6.07 Å². The summed E-state index contributed by atoms with van der Waals surface area (Å²) < 4.78 is 46.9. The van der Waals surface area contributed by atoms with Crippen LogP contribution in [0.1, 0.15) is 54.5 Å². The Morgan fingerprint density at radius 3 is 2.12 bits per heavy atom. The molecule has 1 atom stereocenters. The fourth-order valence-electron chi connectivity index (χ4n) is 5.60. The van der Waals surface area contributed by atoms with Crippen LogP contribution in [-0.4, -0.2) is 24.7 Å². The van der Waals surface area contributed by atoms with Crippen molar-refractivity contribution in [2.75, 3.05) is 29.4 Å². The fourth-order valence-corrected chi connectivity index (χ4v) is 5.60. The number of ether oxygens (including phenoxy) is 1. The van der Waals surface area contributed by atoms with Gasteiger partial charge in [0.05, 0.1) is 12.2 Å². The summed E-state index contributed by atoms with van der Waals surface area (Å²) in [4.78, 5) is 4.12. The Hall–Kier alpha value is -3.97. The minimum Gasteiger partial charge on any atom is -0.457 e. The Morgan fingerprint density at radius 1 is 0.700 bits per heavy atom. The molecule has 1 aliphatic rings. The number of hydrogen-bond donors (Lipinski definition) is 1. The van der Waals surface area contributed by atoms with E-state index >= 15 is 0 Å². The Morgan fingerprint density at radius 2 is 1.43 bits per heavy atom. The predicted octanol–water partition coefficient (Wildman–Crippen LogP) is 8.49. The standard InChI is InChI=1S/C33H33F3N2O2/c1-4-37(5-2)24-14-16-28-31(20-24)40-30-17-15-26(19-29(30)32(28)27-13-8-7-10-22(27)21-39)38(6-3)25-12-9-11-23(18-25)33(34,35)36/h7-20,32,39H,4-6,21H2,1-3H3. The first kappa shape index (κ1) is 27.6. The molecule has 0 spiro atoms. The van der Waals surface area contributed by atoms with E-state index in [0.29, 0.717) is 18.0 Å². The summed E-state index contributed by atoms with van der Waals surface area (Å²) in [6.07, 6.45) is -4.42. The van der Waals surface area contributed by atoms with Gasteiger partial charge in [-0.1, -0.05) is 36.4 Å². The molecule has 0 fully saturated rings. The molecule has 0 bridgehead atoms. The van der Waals surface area contributed by atoms with Crippen LogP contribution in [0.15, 0.2) is 84.9 Å². The molecule has 4 aromatic carbocycles. The van der Waals surface area contributed by atoms with Gasteiger partial charge in [0, 0.05) is 59.8 Å². The van der Waals surface area contributed by atoms with E-state index in [4.69, 9.17) is 4.74 Å². The van der Waals surface area contributed by atoms with Crippen molar-refractivity contribution in [1.82, 2.24) is 0 Å². The molecule has 1 heterocycles. The van der Waals surface area contributed by atoms with E-state index in [2.05, 4.69) is 36.9 Å². The number of alkyl halides is 3. The second kappa shape index (κ2) is 11.3. The normalized spacial score (nSPS) is 14.2. The highest BCUT2D eigenvalue weighted by Crippen LogP contribution is 2.50. The smallest absolute Gasteiger partial charge is 0.416 e. The third-order valence-corrected chi connectivity index (χ3v) is 7.61. The van der Waals surface area contributed by atoms with E-state index in [0.717, 1.165) is 58.5 Å². The molecule has 0 aliphatic carbocycles. The quantitative estimate of drug-likeness (QED) is 0.212. The van der Waals surface area contributed by atoms with Gasteiger partial charge >= 0.3 is 6.18 Å². The first-order chi connectivity index (χ1) is 19.3. The molecule has 208 valence electrons. The predicted molar refractivity (Wildman–Crippen MR) is 154 cm³/mol. The molecule has 4 aromatic rings. The monoisotopic (exact) mass is 546 g/mol. The van der Waals surface area contributed by atoms with Crippen LogP contribution >= 0.6 is 0 Å². The first-order valence-corrected chi connectivity index (χ1v) is 13.6. The van der Waals surface area contributed by atoms with Gasteiger partial charge in [-0.25, -0.2) is 0 Å². The SMILES string of the molecule is CCN(CC)c1ccc2c(c1)Oc1ccc(N(CC)c3cccc(C(F)(F)F)c3)cc1C2c1ccccc1CO. The van der Waals surface area contributed by atoms with Gasteiger partial charge in [-0.05, 0) is 74.4 Å².